The fraction of sp³-hybridized carbons (Fsp3) is 0.385. The Balaban J connectivity index is 2.13. The Bertz CT molecular complexity index is 1010. The first kappa shape index (κ1) is 23.4. The van der Waals surface area contributed by atoms with E-state index in [2.05, 4.69) is 6.92 Å². The van der Waals surface area contributed by atoms with Crippen molar-refractivity contribution in [2.75, 3.05) is 13.2 Å². The maximum atomic E-state index is 13.1. The minimum absolute atomic E-state index is 0.0197. The van der Waals surface area contributed by atoms with E-state index in [9.17, 15) is 19.8 Å². The van der Waals surface area contributed by atoms with Crippen LogP contribution in [0.15, 0.2) is 48.0 Å². The fourth-order valence-electron chi connectivity index (χ4n) is 4.02. The molecule has 6 nitrogen and oxygen atoms in total. The van der Waals surface area contributed by atoms with Crippen LogP contribution in [0.4, 0.5) is 0 Å². The van der Waals surface area contributed by atoms with E-state index in [1.165, 1.54) is 11.0 Å². The van der Waals surface area contributed by atoms with E-state index in [1.54, 1.807) is 24.3 Å². The number of hydrogen-bond acceptors (Lipinski definition) is 5. The van der Waals surface area contributed by atoms with Gasteiger partial charge in [-0.2, -0.15) is 0 Å². The second-order valence-electron chi connectivity index (χ2n) is 7.91. The summed E-state index contributed by atoms with van der Waals surface area (Å²) in [5, 5.41) is 21.2. The second kappa shape index (κ2) is 10.4. The number of likely N-dealkylation sites (tertiary alicyclic amines) is 1. The summed E-state index contributed by atoms with van der Waals surface area (Å²) >= 11 is 0. The lowest BCUT2D eigenvalue weighted by molar-refractivity contribution is -0.139. The molecule has 1 unspecified atom stereocenters. The van der Waals surface area contributed by atoms with Crippen molar-refractivity contribution in [3.8, 4) is 11.5 Å². The number of ether oxygens (including phenoxy) is 1. The van der Waals surface area contributed by atoms with E-state index in [1.807, 2.05) is 26.0 Å². The number of carbonyl (C=O) groups is 2. The molecule has 170 valence electrons. The molecule has 0 bridgehead atoms. The average molecular weight is 438 g/mol. The van der Waals surface area contributed by atoms with Crippen LogP contribution in [0.3, 0.4) is 0 Å². The van der Waals surface area contributed by atoms with Gasteiger partial charge in [0, 0.05) is 12.1 Å². The zero-order valence-corrected chi connectivity index (χ0v) is 18.9. The number of carbonyl (C=O) groups excluding carboxylic acids is 2. The molecule has 0 radical (unpaired) electrons. The molecule has 1 aliphatic heterocycles. The molecule has 1 saturated heterocycles. The second-order valence-corrected chi connectivity index (χ2v) is 7.91. The third kappa shape index (κ3) is 4.64. The van der Waals surface area contributed by atoms with Crippen LogP contribution in [-0.4, -0.2) is 40.0 Å². The molecule has 1 aliphatic rings. The number of aliphatic hydroxyl groups excluding tert-OH is 1. The molecule has 2 N–H and O–H groups in total. The van der Waals surface area contributed by atoms with Gasteiger partial charge in [0.25, 0.3) is 11.7 Å². The molecule has 0 saturated carbocycles. The van der Waals surface area contributed by atoms with E-state index in [0.717, 1.165) is 31.2 Å². The normalized spacial score (nSPS) is 17.7. The van der Waals surface area contributed by atoms with Crippen molar-refractivity contribution in [2.45, 2.75) is 52.5 Å². The van der Waals surface area contributed by atoms with Gasteiger partial charge < -0.3 is 19.8 Å². The molecule has 2 aromatic rings. The van der Waals surface area contributed by atoms with Crippen LogP contribution in [0.5, 0.6) is 11.5 Å². The first-order chi connectivity index (χ1) is 15.4. The Kier molecular flexibility index (Phi) is 7.57. The van der Waals surface area contributed by atoms with E-state index in [-0.39, 0.29) is 22.8 Å². The predicted molar refractivity (Wildman–Crippen MR) is 124 cm³/mol. The van der Waals surface area contributed by atoms with Crippen molar-refractivity contribution in [1.29, 1.82) is 0 Å². The lowest BCUT2D eigenvalue weighted by Crippen LogP contribution is -2.30. The SMILES string of the molecule is CCCCCN1C(=O)C(=O)/C(=C(\O)c2ccc(CC)cc2)C1c1ccc(O)c(OCC)c1. The largest absolute Gasteiger partial charge is 0.507 e. The molecule has 1 amide bonds. The van der Waals surface area contributed by atoms with Crippen molar-refractivity contribution in [3.05, 3.63) is 64.7 Å². The van der Waals surface area contributed by atoms with Crippen LogP contribution in [0, 0.1) is 0 Å². The number of Topliss-reactive ketones (excluding diaryl/α,β-unsaturated/α-hetero) is 1. The van der Waals surface area contributed by atoms with E-state index in [0.29, 0.717) is 24.3 Å². The highest BCUT2D eigenvalue weighted by Crippen LogP contribution is 2.42. The average Bonchev–Trinajstić information content (AvgIpc) is 3.05. The van der Waals surface area contributed by atoms with E-state index >= 15 is 0 Å². The van der Waals surface area contributed by atoms with Gasteiger partial charge in [0.15, 0.2) is 11.5 Å². The van der Waals surface area contributed by atoms with Crippen molar-refractivity contribution < 1.29 is 24.5 Å². The summed E-state index contributed by atoms with van der Waals surface area (Å²) < 4.78 is 5.51. The first-order valence-corrected chi connectivity index (χ1v) is 11.3. The molecule has 2 aromatic carbocycles. The summed E-state index contributed by atoms with van der Waals surface area (Å²) in [5.74, 6) is -1.26. The number of phenolic OH excluding ortho intramolecular Hbond substituents is 1. The number of aromatic hydroxyl groups is 1. The number of benzene rings is 2. The summed E-state index contributed by atoms with van der Waals surface area (Å²) in [6.07, 6.45) is 3.51. The van der Waals surface area contributed by atoms with Crippen molar-refractivity contribution in [3.63, 3.8) is 0 Å². The van der Waals surface area contributed by atoms with E-state index < -0.39 is 17.7 Å². The summed E-state index contributed by atoms with van der Waals surface area (Å²) in [6.45, 7) is 6.68. The number of aryl methyl sites for hydroxylation is 1. The summed E-state index contributed by atoms with van der Waals surface area (Å²) in [6, 6.07) is 11.4. The first-order valence-electron chi connectivity index (χ1n) is 11.3. The molecular weight excluding hydrogens is 406 g/mol. The Hall–Kier alpha value is -3.28. The molecule has 1 atom stereocenters. The van der Waals surface area contributed by atoms with E-state index in [4.69, 9.17) is 4.74 Å². The van der Waals surface area contributed by atoms with Crippen LogP contribution < -0.4 is 4.74 Å². The van der Waals surface area contributed by atoms with Crippen molar-refractivity contribution in [2.24, 2.45) is 0 Å². The highest BCUT2D eigenvalue weighted by molar-refractivity contribution is 6.46. The molecule has 32 heavy (non-hydrogen) atoms. The highest BCUT2D eigenvalue weighted by atomic mass is 16.5. The van der Waals surface area contributed by atoms with Crippen LogP contribution in [-0.2, 0) is 16.0 Å². The predicted octanol–water partition coefficient (Wildman–Crippen LogP) is 4.97. The van der Waals surface area contributed by atoms with Gasteiger partial charge in [-0.1, -0.05) is 57.0 Å². The number of unbranched alkanes of at least 4 members (excludes halogenated alkanes) is 2. The lowest BCUT2D eigenvalue weighted by atomic mass is 9.94. The Morgan fingerprint density at radius 1 is 1.03 bits per heavy atom. The molecule has 0 spiro atoms. The summed E-state index contributed by atoms with van der Waals surface area (Å²) in [5.41, 5.74) is 2.26. The fourth-order valence-corrected chi connectivity index (χ4v) is 4.02. The minimum atomic E-state index is -0.752. The Labute approximate surface area is 189 Å². The van der Waals surface area contributed by atoms with Crippen molar-refractivity contribution >= 4 is 17.4 Å². The Morgan fingerprint density at radius 2 is 1.75 bits per heavy atom. The van der Waals surface area contributed by atoms with Gasteiger partial charge in [0.05, 0.1) is 18.2 Å². The number of rotatable bonds is 9. The summed E-state index contributed by atoms with van der Waals surface area (Å²) in [4.78, 5) is 27.5. The number of amides is 1. The van der Waals surface area contributed by atoms with Crippen LogP contribution in [0.1, 0.15) is 62.8 Å². The van der Waals surface area contributed by atoms with Gasteiger partial charge in [0.1, 0.15) is 5.76 Å². The maximum Gasteiger partial charge on any atom is 0.295 e. The maximum absolute atomic E-state index is 13.1. The quantitative estimate of drug-likeness (QED) is 0.250. The zero-order valence-electron chi connectivity index (χ0n) is 18.9. The van der Waals surface area contributed by atoms with Crippen LogP contribution in [0.25, 0.3) is 5.76 Å². The number of nitrogens with zero attached hydrogens (tertiary/aromatic N) is 1. The molecule has 0 aliphatic carbocycles. The van der Waals surface area contributed by atoms with Gasteiger partial charge in [-0.05, 0) is 43.0 Å². The number of hydrogen-bond donors (Lipinski definition) is 2. The number of ketones is 1. The van der Waals surface area contributed by atoms with Gasteiger partial charge in [-0.3, -0.25) is 9.59 Å². The molecule has 3 rings (SSSR count). The van der Waals surface area contributed by atoms with Gasteiger partial charge in [0.2, 0.25) is 0 Å². The number of aliphatic hydroxyl groups is 1. The molecule has 1 fully saturated rings. The number of phenols is 1. The van der Waals surface area contributed by atoms with Gasteiger partial charge >= 0.3 is 0 Å². The molecule has 1 heterocycles. The molecule has 0 aromatic heterocycles. The third-order valence-corrected chi connectivity index (χ3v) is 5.78. The third-order valence-electron chi connectivity index (χ3n) is 5.78. The molecule has 6 heteroatoms. The van der Waals surface area contributed by atoms with Crippen molar-refractivity contribution in [1.82, 2.24) is 4.90 Å². The highest BCUT2D eigenvalue weighted by Gasteiger charge is 2.46. The lowest BCUT2D eigenvalue weighted by Gasteiger charge is -2.26. The van der Waals surface area contributed by atoms with Gasteiger partial charge in [-0.15, -0.1) is 0 Å². The molecular formula is C26H31NO5. The zero-order chi connectivity index (χ0) is 23.3. The monoisotopic (exact) mass is 437 g/mol. The van der Waals surface area contributed by atoms with Crippen LogP contribution in [0.2, 0.25) is 0 Å². The summed E-state index contributed by atoms with van der Waals surface area (Å²) in [7, 11) is 0. The smallest absolute Gasteiger partial charge is 0.295 e. The van der Waals surface area contributed by atoms with Gasteiger partial charge in [-0.25, -0.2) is 0 Å². The Morgan fingerprint density at radius 3 is 2.38 bits per heavy atom. The topological polar surface area (TPSA) is 87.1 Å². The minimum Gasteiger partial charge on any atom is -0.507 e. The van der Waals surface area contributed by atoms with Crippen LogP contribution >= 0.6 is 0 Å². The standard InChI is InChI=1S/C26H31NO5/c1-4-7-8-15-27-23(19-13-14-20(28)21(16-19)32-6-3)22(25(30)26(27)31)24(29)18-11-9-17(5-2)10-12-18/h9-14,16,23,28-29H,4-8,15H2,1-3H3/b24-22-.